The summed E-state index contributed by atoms with van der Waals surface area (Å²) in [7, 11) is 1.93. The van der Waals surface area contributed by atoms with Crippen molar-refractivity contribution in [1.82, 2.24) is 4.90 Å². The van der Waals surface area contributed by atoms with Gasteiger partial charge in [-0.25, -0.2) is 0 Å². The summed E-state index contributed by atoms with van der Waals surface area (Å²) >= 11 is 0. The van der Waals surface area contributed by atoms with Crippen LogP contribution in [0.25, 0.3) is 0 Å². The van der Waals surface area contributed by atoms with Crippen LogP contribution in [0.3, 0.4) is 0 Å². The molecule has 1 amide bonds. The van der Waals surface area contributed by atoms with Crippen LogP contribution < -0.4 is 5.73 Å². The van der Waals surface area contributed by atoms with Gasteiger partial charge >= 0.3 is 0 Å². The minimum Gasteiger partial charge on any atom is -0.381 e. The highest BCUT2D eigenvalue weighted by atomic mass is 16.5. The van der Waals surface area contributed by atoms with Gasteiger partial charge in [0.25, 0.3) is 0 Å². The second-order valence-corrected chi connectivity index (χ2v) is 6.13. The standard InChI is InChI=1S/C16H32N2O2/c1-3-5-14(9-10-17)7-8-16(19)18(2)12-15-6-4-11-20-13-15/h14-15H,3-13,17H2,1-2H3. The Hall–Kier alpha value is -0.610. The third-order valence-electron chi connectivity index (χ3n) is 4.25. The lowest BCUT2D eigenvalue weighted by Gasteiger charge is -2.27. The molecule has 0 aromatic heterocycles. The van der Waals surface area contributed by atoms with Crippen LogP contribution >= 0.6 is 0 Å². The number of carbonyl (C=O) groups is 1. The first-order valence-electron chi connectivity index (χ1n) is 8.19. The van der Waals surface area contributed by atoms with Crippen LogP contribution in [0.2, 0.25) is 0 Å². The number of rotatable bonds is 9. The quantitative estimate of drug-likeness (QED) is 0.707. The van der Waals surface area contributed by atoms with Gasteiger partial charge in [-0.1, -0.05) is 19.8 Å². The zero-order valence-electron chi connectivity index (χ0n) is 13.3. The second-order valence-electron chi connectivity index (χ2n) is 6.13. The molecule has 1 fully saturated rings. The number of hydrogen-bond acceptors (Lipinski definition) is 3. The van der Waals surface area contributed by atoms with E-state index >= 15 is 0 Å². The molecule has 0 bridgehead atoms. The molecule has 20 heavy (non-hydrogen) atoms. The maximum Gasteiger partial charge on any atom is 0.222 e. The molecule has 4 heteroatoms. The highest BCUT2D eigenvalue weighted by Crippen LogP contribution is 2.19. The Kier molecular flexibility index (Phi) is 8.86. The van der Waals surface area contributed by atoms with Crippen molar-refractivity contribution in [2.75, 3.05) is 33.4 Å². The summed E-state index contributed by atoms with van der Waals surface area (Å²) in [5.74, 6) is 1.40. The maximum absolute atomic E-state index is 12.2. The van der Waals surface area contributed by atoms with Crippen molar-refractivity contribution in [1.29, 1.82) is 0 Å². The van der Waals surface area contributed by atoms with Crippen LogP contribution in [-0.4, -0.2) is 44.2 Å². The summed E-state index contributed by atoms with van der Waals surface area (Å²) in [6, 6.07) is 0. The Labute approximate surface area is 124 Å². The van der Waals surface area contributed by atoms with Crippen molar-refractivity contribution in [2.45, 2.75) is 51.9 Å². The summed E-state index contributed by atoms with van der Waals surface area (Å²) in [6.07, 6.45) is 7.36. The van der Waals surface area contributed by atoms with Crippen molar-refractivity contribution in [3.63, 3.8) is 0 Å². The minimum atomic E-state index is 0.272. The van der Waals surface area contributed by atoms with Gasteiger partial charge in [0.2, 0.25) is 5.91 Å². The molecule has 2 unspecified atom stereocenters. The van der Waals surface area contributed by atoms with Crippen molar-refractivity contribution in [3.05, 3.63) is 0 Å². The number of hydrogen-bond donors (Lipinski definition) is 1. The van der Waals surface area contributed by atoms with E-state index in [1.54, 1.807) is 0 Å². The molecule has 0 aliphatic carbocycles. The summed E-state index contributed by atoms with van der Waals surface area (Å²) < 4.78 is 5.47. The molecule has 1 aliphatic rings. The lowest BCUT2D eigenvalue weighted by molar-refractivity contribution is -0.131. The molecule has 1 heterocycles. The van der Waals surface area contributed by atoms with Gasteiger partial charge in [-0.2, -0.15) is 0 Å². The molecule has 0 aromatic carbocycles. The van der Waals surface area contributed by atoms with Crippen molar-refractivity contribution >= 4 is 5.91 Å². The van der Waals surface area contributed by atoms with Crippen molar-refractivity contribution < 1.29 is 9.53 Å². The largest absolute Gasteiger partial charge is 0.381 e. The van der Waals surface area contributed by atoms with Gasteiger partial charge in [0.1, 0.15) is 0 Å². The molecule has 0 aromatic rings. The maximum atomic E-state index is 12.2. The van der Waals surface area contributed by atoms with E-state index in [2.05, 4.69) is 6.92 Å². The molecule has 2 N–H and O–H groups in total. The first kappa shape index (κ1) is 17.4. The van der Waals surface area contributed by atoms with Crippen LogP contribution in [0, 0.1) is 11.8 Å². The SMILES string of the molecule is CCCC(CCN)CCC(=O)N(C)CC1CCCOC1. The smallest absolute Gasteiger partial charge is 0.222 e. The predicted molar refractivity (Wildman–Crippen MR) is 82.5 cm³/mol. The number of ether oxygens (including phenoxy) is 1. The van der Waals surface area contributed by atoms with Crippen LogP contribution in [0.15, 0.2) is 0 Å². The Morgan fingerprint density at radius 1 is 1.40 bits per heavy atom. The second kappa shape index (κ2) is 10.2. The fraction of sp³-hybridized carbons (Fsp3) is 0.938. The minimum absolute atomic E-state index is 0.272. The van der Waals surface area contributed by atoms with Gasteiger partial charge in [-0.15, -0.1) is 0 Å². The van der Waals surface area contributed by atoms with Crippen molar-refractivity contribution in [2.24, 2.45) is 17.6 Å². The van der Waals surface area contributed by atoms with Gasteiger partial charge in [0, 0.05) is 26.6 Å². The summed E-state index contributed by atoms with van der Waals surface area (Å²) in [5, 5.41) is 0. The Morgan fingerprint density at radius 3 is 2.80 bits per heavy atom. The molecule has 4 nitrogen and oxygen atoms in total. The van der Waals surface area contributed by atoms with Crippen LogP contribution in [0.5, 0.6) is 0 Å². The molecular formula is C16H32N2O2. The van der Waals surface area contributed by atoms with Gasteiger partial charge < -0.3 is 15.4 Å². The van der Waals surface area contributed by atoms with Crippen LogP contribution in [0.4, 0.5) is 0 Å². The third-order valence-corrected chi connectivity index (χ3v) is 4.25. The molecule has 1 aliphatic heterocycles. The fourth-order valence-corrected chi connectivity index (χ4v) is 3.04. The van der Waals surface area contributed by atoms with Gasteiger partial charge in [0.15, 0.2) is 0 Å². The number of amides is 1. The molecule has 1 saturated heterocycles. The molecule has 1 rings (SSSR count). The van der Waals surface area contributed by atoms with Crippen LogP contribution in [-0.2, 0) is 9.53 Å². The fourth-order valence-electron chi connectivity index (χ4n) is 3.04. The lowest BCUT2D eigenvalue weighted by atomic mass is 9.94. The van der Waals surface area contributed by atoms with E-state index in [0.29, 0.717) is 18.3 Å². The normalized spacial score (nSPS) is 20.6. The summed E-state index contributed by atoms with van der Waals surface area (Å²) in [6.45, 7) is 5.46. The average Bonchev–Trinajstić information content (AvgIpc) is 2.46. The Morgan fingerprint density at radius 2 is 2.20 bits per heavy atom. The highest BCUT2D eigenvalue weighted by Gasteiger charge is 2.19. The van der Waals surface area contributed by atoms with E-state index in [4.69, 9.17) is 10.5 Å². The molecule has 0 spiro atoms. The molecule has 0 radical (unpaired) electrons. The van der Waals surface area contributed by atoms with E-state index in [9.17, 15) is 4.79 Å². The van der Waals surface area contributed by atoms with E-state index in [0.717, 1.165) is 45.6 Å². The zero-order valence-corrected chi connectivity index (χ0v) is 13.3. The predicted octanol–water partition coefficient (Wildman–Crippen LogP) is 2.42. The molecule has 118 valence electrons. The van der Waals surface area contributed by atoms with E-state index in [-0.39, 0.29) is 5.91 Å². The summed E-state index contributed by atoms with van der Waals surface area (Å²) in [5.41, 5.74) is 5.64. The Balaban J connectivity index is 2.25. The highest BCUT2D eigenvalue weighted by molar-refractivity contribution is 5.75. The first-order chi connectivity index (χ1) is 9.67. The third kappa shape index (κ3) is 6.71. The number of nitrogens with two attached hydrogens (primary N) is 1. The van der Waals surface area contributed by atoms with Gasteiger partial charge in [-0.05, 0) is 44.1 Å². The summed E-state index contributed by atoms with van der Waals surface area (Å²) in [4.78, 5) is 14.1. The number of carbonyl (C=O) groups excluding carboxylic acids is 1. The van der Waals surface area contributed by atoms with Crippen LogP contribution in [0.1, 0.15) is 51.9 Å². The number of nitrogens with zero attached hydrogens (tertiary/aromatic N) is 1. The van der Waals surface area contributed by atoms with E-state index in [1.165, 1.54) is 19.3 Å². The molecular weight excluding hydrogens is 252 g/mol. The van der Waals surface area contributed by atoms with E-state index in [1.807, 2.05) is 11.9 Å². The zero-order chi connectivity index (χ0) is 14.8. The first-order valence-corrected chi connectivity index (χ1v) is 8.19. The molecule has 0 saturated carbocycles. The topological polar surface area (TPSA) is 55.6 Å². The van der Waals surface area contributed by atoms with Gasteiger partial charge in [-0.3, -0.25) is 4.79 Å². The Bertz CT molecular complexity index is 259. The average molecular weight is 284 g/mol. The molecule has 2 atom stereocenters. The monoisotopic (exact) mass is 284 g/mol. The van der Waals surface area contributed by atoms with E-state index < -0.39 is 0 Å². The lowest BCUT2D eigenvalue weighted by Crippen LogP contribution is -2.35. The van der Waals surface area contributed by atoms with Crippen molar-refractivity contribution in [3.8, 4) is 0 Å². The van der Waals surface area contributed by atoms with Gasteiger partial charge in [0.05, 0.1) is 6.61 Å².